The molecule has 4 N–H and O–H groups in total. The monoisotopic (exact) mass is 314 g/mol. The van der Waals surface area contributed by atoms with Gasteiger partial charge in [0.1, 0.15) is 5.69 Å². The third-order valence-corrected chi connectivity index (χ3v) is 2.99. The average Bonchev–Trinajstić information content (AvgIpc) is 2.55. The number of hydrogen-bond donors (Lipinski definition) is 3. The Kier molecular flexibility index (Phi) is 5.51. The largest absolute Gasteiger partial charge is 0.476 e. The van der Waals surface area contributed by atoms with Gasteiger partial charge in [-0.1, -0.05) is 12.1 Å². The molecule has 1 aromatic heterocycles. The van der Waals surface area contributed by atoms with E-state index in [2.05, 4.69) is 15.6 Å². The lowest BCUT2D eigenvalue weighted by molar-refractivity contribution is 0.1000. The van der Waals surface area contributed by atoms with Crippen molar-refractivity contribution in [2.24, 2.45) is 5.73 Å². The zero-order chi connectivity index (χ0) is 16.7. The first kappa shape index (κ1) is 16.3. The number of rotatable bonds is 6. The normalized spacial score (nSPS) is 9.96. The Morgan fingerprint density at radius 3 is 2.61 bits per heavy atom. The molecule has 0 aliphatic rings. The van der Waals surface area contributed by atoms with Gasteiger partial charge in [0, 0.05) is 18.3 Å². The van der Waals surface area contributed by atoms with Gasteiger partial charge in [0.25, 0.3) is 0 Å². The van der Waals surface area contributed by atoms with Crippen molar-refractivity contribution in [3.05, 3.63) is 53.7 Å². The molecule has 3 amide bonds. The van der Waals surface area contributed by atoms with E-state index in [1.807, 2.05) is 6.92 Å². The number of nitrogens with two attached hydrogens (primary N) is 1. The Bertz CT molecular complexity index is 686. The number of aromatic nitrogens is 1. The maximum atomic E-state index is 11.9. The van der Waals surface area contributed by atoms with Crippen LogP contribution in [-0.4, -0.2) is 23.5 Å². The average molecular weight is 314 g/mol. The number of ether oxygens (including phenoxy) is 1. The number of pyridine rings is 1. The molecule has 2 aromatic rings. The number of nitrogens with one attached hydrogen (secondary N) is 2. The predicted octanol–water partition coefficient (Wildman–Crippen LogP) is 1.90. The summed E-state index contributed by atoms with van der Waals surface area (Å²) in [4.78, 5) is 27.0. The Morgan fingerprint density at radius 1 is 1.22 bits per heavy atom. The van der Waals surface area contributed by atoms with Crippen molar-refractivity contribution in [1.29, 1.82) is 0 Å². The lowest BCUT2D eigenvalue weighted by Crippen LogP contribution is -2.28. The summed E-state index contributed by atoms with van der Waals surface area (Å²) in [7, 11) is 0. The van der Waals surface area contributed by atoms with E-state index in [-0.39, 0.29) is 6.03 Å². The first-order valence-corrected chi connectivity index (χ1v) is 7.11. The summed E-state index contributed by atoms with van der Waals surface area (Å²) in [5.74, 6) is -0.113. The maximum Gasteiger partial charge on any atom is 0.319 e. The molecule has 1 heterocycles. The number of nitrogens with zero attached hydrogens (tertiary/aromatic N) is 1. The molecule has 0 unspecified atom stereocenters. The molecule has 7 heteroatoms. The van der Waals surface area contributed by atoms with Gasteiger partial charge in [-0.05, 0) is 36.8 Å². The van der Waals surface area contributed by atoms with Gasteiger partial charge < -0.3 is 21.1 Å². The van der Waals surface area contributed by atoms with Crippen LogP contribution in [0.5, 0.6) is 5.88 Å². The van der Waals surface area contributed by atoms with E-state index in [0.717, 1.165) is 5.56 Å². The molecule has 0 saturated carbocycles. The fourth-order valence-corrected chi connectivity index (χ4v) is 1.87. The highest BCUT2D eigenvalue weighted by Crippen LogP contribution is 2.20. The van der Waals surface area contributed by atoms with E-state index in [0.29, 0.717) is 30.3 Å². The minimum absolute atomic E-state index is 0.315. The standard InChI is InChI=1S/C16H18N4O3/c1-2-23-15-13(4-3-9-18-15)20-16(22)19-10-11-5-7-12(8-6-11)14(17)21/h3-9H,2,10H2,1H3,(H2,17,21)(H2,19,20,22). The molecular weight excluding hydrogens is 296 g/mol. The van der Waals surface area contributed by atoms with Gasteiger partial charge in [-0.15, -0.1) is 0 Å². The fourth-order valence-electron chi connectivity index (χ4n) is 1.87. The number of hydrogen-bond acceptors (Lipinski definition) is 4. The summed E-state index contributed by atoms with van der Waals surface area (Å²) < 4.78 is 5.34. The fraction of sp³-hybridized carbons (Fsp3) is 0.188. The molecule has 0 aliphatic heterocycles. The van der Waals surface area contributed by atoms with E-state index in [1.165, 1.54) is 0 Å². The van der Waals surface area contributed by atoms with Crippen LogP contribution in [0.1, 0.15) is 22.8 Å². The van der Waals surface area contributed by atoms with Crippen LogP contribution in [0, 0.1) is 0 Å². The van der Waals surface area contributed by atoms with Crippen LogP contribution >= 0.6 is 0 Å². The van der Waals surface area contributed by atoms with Crippen molar-refractivity contribution in [3.63, 3.8) is 0 Å². The van der Waals surface area contributed by atoms with Gasteiger partial charge in [0.15, 0.2) is 0 Å². The van der Waals surface area contributed by atoms with Gasteiger partial charge in [0.2, 0.25) is 11.8 Å². The summed E-state index contributed by atoms with van der Waals surface area (Å²) in [5.41, 5.74) is 6.94. The molecule has 23 heavy (non-hydrogen) atoms. The van der Waals surface area contributed by atoms with Crippen molar-refractivity contribution in [2.45, 2.75) is 13.5 Å². The molecule has 0 aliphatic carbocycles. The van der Waals surface area contributed by atoms with Crippen LogP contribution in [0.15, 0.2) is 42.6 Å². The van der Waals surface area contributed by atoms with Gasteiger partial charge in [-0.2, -0.15) is 0 Å². The molecule has 0 saturated heterocycles. The third-order valence-electron chi connectivity index (χ3n) is 2.99. The van der Waals surface area contributed by atoms with Gasteiger partial charge in [-0.3, -0.25) is 4.79 Å². The molecule has 2 rings (SSSR count). The molecule has 0 radical (unpaired) electrons. The summed E-state index contributed by atoms with van der Waals surface area (Å²) in [5, 5.41) is 5.40. The highest BCUT2D eigenvalue weighted by atomic mass is 16.5. The lowest BCUT2D eigenvalue weighted by Gasteiger charge is -2.11. The molecule has 0 fully saturated rings. The van der Waals surface area contributed by atoms with Crippen LogP contribution in [0.2, 0.25) is 0 Å². The first-order valence-electron chi connectivity index (χ1n) is 7.11. The second-order valence-corrected chi connectivity index (χ2v) is 4.66. The Balaban J connectivity index is 1.91. The number of benzene rings is 1. The van der Waals surface area contributed by atoms with E-state index in [9.17, 15) is 9.59 Å². The van der Waals surface area contributed by atoms with E-state index >= 15 is 0 Å². The van der Waals surface area contributed by atoms with Gasteiger partial charge in [-0.25, -0.2) is 9.78 Å². The van der Waals surface area contributed by atoms with Gasteiger partial charge >= 0.3 is 6.03 Å². The summed E-state index contributed by atoms with van der Waals surface area (Å²) in [6, 6.07) is 9.74. The zero-order valence-electron chi connectivity index (χ0n) is 12.7. The van der Waals surface area contributed by atoms with E-state index in [4.69, 9.17) is 10.5 Å². The second kappa shape index (κ2) is 7.79. The van der Waals surface area contributed by atoms with Crippen molar-refractivity contribution < 1.29 is 14.3 Å². The minimum Gasteiger partial charge on any atom is -0.476 e. The quantitative estimate of drug-likeness (QED) is 0.757. The third kappa shape index (κ3) is 4.70. The molecule has 1 aromatic carbocycles. The summed E-state index contributed by atoms with van der Waals surface area (Å²) in [6.45, 7) is 2.61. The highest BCUT2D eigenvalue weighted by molar-refractivity contribution is 5.93. The Labute approximate surface area is 133 Å². The van der Waals surface area contributed by atoms with Crippen LogP contribution in [0.3, 0.4) is 0 Å². The summed E-state index contributed by atoms with van der Waals surface area (Å²) in [6.07, 6.45) is 1.59. The minimum atomic E-state index is -0.484. The first-order chi connectivity index (χ1) is 11.1. The number of urea groups is 1. The zero-order valence-corrected chi connectivity index (χ0v) is 12.7. The van der Waals surface area contributed by atoms with Crippen LogP contribution in [0.4, 0.5) is 10.5 Å². The molecule has 7 nitrogen and oxygen atoms in total. The topological polar surface area (TPSA) is 106 Å². The van der Waals surface area contributed by atoms with Gasteiger partial charge in [0.05, 0.1) is 6.61 Å². The second-order valence-electron chi connectivity index (χ2n) is 4.66. The van der Waals surface area contributed by atoms with Crippen molar-refractivity contribution in [3.8, 4) is 5.88 Å². The highest BCUT2D eigenvalue weighted by Gasteiger charge is 2.08. The van der Waals surface area contributed by atoms with Crippen molar-refractivity contribution in [2.75, 3.05) is 11.9 Å². The van der Waals surface area contributed by atoms with E-state index < -0.39 is 5.91 Å². The molecule has 0 spiro atoms. The number of anilines is 1. The van der Waals surface area contributed by atoms with Crippen LogP contribution in [-0.2, 0) is 6.54 Å². The Morgan fingerprint density at radius 2 is 1.96 bits per heavy atom. The molecule has 0 atom stereocenters. The Hall–Kier alpha value is -3.09. The lowest BCUT2D eigenvalue weighted by atomic mass is 10.1. The van der Waals surface area contributed by atoms with Crippen molar-refractivity contribution >= 4 is 17.6 Å². The number of carbonyl (C=O) groups is 2. The molecule has 0 bridgehead atoms. The summed E-state index contributed by atoms with van der Waals surface area (Å²) >= 11 is 0. The van der Waals surface area contributed by atoms with Crippen molar-refractivity contribution in [1.82, 2.24) is 10.3 Å². The molecule has 120 valence electrons. The smallest absolute Gasteiger partial charge is 0.319 e. The molecular formula is C16H18N4O3. The van der Waals surface area contributed by atoms with Crippen LogP contribution in [0.25, 0.3) is 0 Å². The number of primary amides is 1. The predicted molar refractivity (Wildman–Crippen MR) is 86.2 cm³/mol. The number of amides is 3. The maximum absolute atomic E-state index is 11.9. The SMILES string of the molecule is CCOc1ncccc1NC(=O)NCc1ccc(C(N)=O)cc1. The van der Waals surface area contributed by atoms with Crippen LogP contribution < -0.4 is 21.1 Å². The van der Waals surface area contributed by atoms with E-state index in [1.54, 1.807) is 42.6 Å². The number of carbonyl (C=O) groups excluding carboxylic acids is 2.